The highest BCUT2D eigenvalue weighted by Gasteiger charge is 2.30. The van der Waals surface area contributed by atoms with Crippen LogP contribution in [-0.2, 0) is 6.42 Å². The van der Waals surface area contributed by atoms with Crippen LogP contribution in [-0.4, -0.2) is 0 Å². The van der Waals surface area contributed by atoms with Crippen molar-refractivity contribution in [2.24, 2.45) is 17.8 Å². The van der Waals surface area contributed by atoms with Gasteiger partial charge in [-0.1, -0.05) is 87.9 Å². The van der Waals surface area contributed by atoms with Gasteiger partial charge in [0, 0.05) is 5.02 Å². The molecule has 0 N–H and O–H groups in total. The van der Waals surface area contributed by atoms with Crippen LogP contribution in [0, 0.1) is 17.8 Å². The molecule has 22 heavy (non-hydrogen) atoms. The zero-order valence-corrected chi connectivity index (χ0v) is 14.7. The molecule has 0 aliphatic heterocycles. The molecule has 0 atom stereocenters. The summed E-state index contributed by atoms with van der Waals surface area (Å²) in [7, 11) is 0. The molecule has 2 aliphatic rings. The average Bonchev–Trinajstić information content (AvgIpc) is 2.59. The van der Waals surface area contributed by atoms with Crippen molar-refractivity contribution in [3.8, 4) is 0 Å². The molecule has 2 fully saturated rings. The van der Waals surface area contributed by atoms with Crippen LogP contribution in [0.2, 0.25) is 5.02 Å². The normalized spacial score (nSPS) is 21.4. The fourth-order valence-corrected chi connectivity index (χ4v) is 5.09. The summed E-state index contributed by atoms with van der Waals surface area (Å²) < 4.78 is 0. The van der Waals surface area contributed by atoms with Crippen LogP contribution in [0.15, 0.2) is 24.3 Å². The molecule has 0 bridgehead atoms. The van der Waals surface area contributed by atoms with Gasteiger partial charge in [0.2, 0.25) is 0 Å². The lowest BCUT2D eigenvalue weighted by atomic mass is 9.68. The Labute approximate surface area is 141 Å². The number of hydrogen-bond acceptors (Lipinski definition) is 0. The van der Waals surface area contributed by atoms with Crippen LogP contribution in [0.5, 0.6) is 0 Å². The van der Waals surface area contributed by atoms with Crippen LogP contribution in [0.4, 0.5) is 0 Å². The fraction of sp³-hybridized carbons (Fsp3) is 0.714. The quantitative estimate of drug-likeness (QED) is 0.545. The minimum Gasteiger partial charge on any atom is -0.0843 e. The maximum atomic E-state index is 6.02. The van der Waals surface area contributed by atoms with Crippen LogP contribution in [0.25, 0.3) is 0 Å². The first-order valence-electron chi connectivity index (χ1n) is 9.57. The van der Waals surface area contributed by atoms with Gasteiger partial charge in [-0.2, -0.15) is 0 Å². The zero-order chi connectivity index (χ0) is 15.2. The third kappa shape index (κ3) is 4.51. The van der Waals surface area contributed by atoms with Gasteiger partial charge in [-0.05, 0) is 48.3 Å². The van der Waals surface area contributed by atoms with Crippen molar-refractivity contribution in [1.29, 1.82) is 0 Å². The van der Waals surface area contributed by atoms with Crippen molar-refractivity contribution >= 4 is 11.6 Å². The van der Waals surface area contributed by atoms with Gasteiger partial charge in [0.05, 0.1) is 0 Å². The van der Waals surface area contributed by atoms with Crippen LogP contribution < -0.4 is 0 Å². The zero-order valence-electron chi connectivity index (χ0n) is 13.9. The Bertz CT molecular complexity index is 406. The summed E-state index contributed by atoms with van der Waals surface area (Å²) in [5.41, 5.74) is 1.47. The van der Waals surface area contributed by atoms with Crippen molar-refractivity contribution in [2.45, 2.75) is 77.0 Å². The van der Waals surface area contributed by atoms with Gasteiger partial charge in [0.15, 0.2) is 0 Å². The van der Waals surface area contributed by atoms with E-state index in [0.717, 1.165) is 22.8 Å². The topological polar surface area (TPSA) is 0 Å². The van der Waals surface area contributed by atoms with Gasteiger partial charge in [-0.25, -0.2) is 0 Å². The van der Waals surface area contributed by atoms with Gasteiger partial charge in [0.1, 0.15) is 0 Å². The van der Waals surface area contributed by atoms with Gasteiger partial charge < -0.3 is 0 Å². The van der Waals surface area contributed by atoms with Crippen LogP contribution >= 0.6 is 11.6 Å². The lowest BCUT2D eigenvalue weighted by Crippen LogP contribution is -2.27. The summed E-state index contributed by atoms with van der Waals surface area (Å²) in [4.78, 5) is 0. The molecular weight excluding hydrogens is 288 g/mol. The van der Waals surface area contributed by atoms with Crippen molar-refractivity contribution in [3.63, 3.8) is 0 Å². The molecule has 1 aromatic rings. The molecule has 122 valence electrons. The third-order valence-electron chi connectivity index (χ3n) is 6.19. The highest BCUT2D eigenvalue weighted by molar-refractivity contribution is 6.30. The highest BCUT2D eigenvalue weighted by atomic mass is 35.5. The molecule has 0 saturated heterocycles. The summed E-state index contributed by atoms with van der Waals surface area (Å²) in [5, 5.41) is 0.861. The average molecular weight is 319 g/mol. The summed E-state index contributed by atoms with van der Waals surface area (Å²) in [5.74, 6) is 3.02. The number of hydrogen-bond donors (Lipinski definition) is 0. The Morgan fingerprint density at radius 2 is 1.27 bits per heavy atom. The Balaban J connectivity index is 1.62. The number of rotatable bonds is 5. The van der Waals surface area contributed by atoms with E-state index in [-0.39, 0.29) is 0 Å². The standard InChI is InChI=1S/C21H31Cl/c22-20-14-11-17(12-15-20)13-16-21(18-7-3-1-4-8-18)19-9-5-2-6-10-19/h11-12,14-15,18-19,21H,1-10,13,16H2. The molecule has 0 heterocycles. The highest BCUT2D eigenvalue weighted by Crippen LogP contribution is 2.42. The molecule has 0 nitrogen and oxygen atoms in total. The second-order valence-corrected chi connectivity index (χ2v) is 8.06. The van der Waals surface area contributed by atoms with Crippen molar-refractivity contribution in [3.05, 3.63) is 34.9 Å². The third-order valence-corrected chi connectivity index (χ3v) is 6.44. The lowest BCUT2D eigenvalue weighted by molar-refractivity contribution is 0.135. The lowest BCUT2D eigenvalue weighted by Gasteiger charge is -2.38. The predicted molar refractivity (Wildman–Crippen MR) is 96.4 cm³/mol. The Hall–Kier alpha value is -0.490. The van der Waals surface area contributed by atoms with E-state index in [0.29, 0.717) is 0 Å². The van der Waals surface area contributed by atoms with E-state index in [1.165, 1.54) is 82.6 Å². The Morgan fingerprint density at radius 3 is 1.77 bits per heavy atom. The minimum atomic E-state index is 0.861. The molecule has 2 saturated carbocycles. The fourth-order valence-electron chi connectivity index (χ4n) is 4.97. The summed E-state index contributed by atoms with van der Waals surface area (Å²) in [6.07, 6.45) is 17.5. The second-order valence-electron chi connectivity index (χ2n) is 7.63. The van der Waals surface area contributed by atoms with E-state index < -0.39 is 0 Å². The molecule has 0 radical (unpaired) electrons. The van der Waals surface area contributed by atoms with Crippen LogP contribution in [0.3, 0.4) is 0 Å². The van der Waals surface area contributed by atoms with Gasteiger partial charge in [-0.3, -0.25) is 0 Å². The summed E-state index contributed by atoms with van der Waals surface area (Å²) >= 11 is 6.02. The molecule has 1 aromatic carbocycles. The summed E-state index contributed by atoms with van der Waals surface area (Å²) in [6, 6.07) is 8.54. The van der Waals surface area contributed by atoms with E-state index in [9.17, 15) is 0 Å². The van der Waals surface area contributed by atoms with Crippen molar-refractivity contribution < 1.29 is 0 Å². The Kier molecular flexibility index (Phi) is 6.24. The largest absolute Gasteiger partial charge is 0.0843 e. The number of aryl methyl sites for hydroxylation is 1. The molecule has 0 aromatic heterocycles. The molecule has 0 spiro atoms. The smallest absolute Gasteiger partial charge is 0.0406 e. The van der Waals surface area contributed by atoms with E-state index in [2.05, 4.69) is 12.1 Å². The van der Waals surface area contributed by atoms with Crippen LogP contribution in [0.1, 0.15) is 76.2 Å². The number of halogens is 1. The molecule has 0 unspecified atom stereocenters. The van der Waals surface area contributed by atoms with Gasteiger partial charge in [-0.15, -0.1) is 0 Å². The van der Waals surface area contributed by atoms with E-state index in [1.54, 1.807) is 0 Å². The first kappa shape index (κ1) is 16.4. The van der Waals surface area contributed by atoms with E-state index >= 15 is 0 Å². The first-order chi connectivity index (χ1) is 10.8. The molecular formula is C21H31Cl. The van der Waals surface area contributed by atoms with Gasteiger partial charge in [0.25, 0.3) is 0 Å². The predicted octanol–water partition coefficient (Wildman–Crippen LogP) is 7.05. The first-order valence-corrected chi connectivity index (χ1v) is 9.95. The van der Waals surface area contributed by atoms with Crippen molar-refractivity contribution in [1.82, 2.24) is 0 Å². The maximum Gasteiger partial charge on any atom is 0.0406 e. The minimum absolute atomic E-state index is 0.861. The molecule has 2 aliphatic carbocycles. The maximum absolute atomic E-state index is 6.02. The molecule has 3 rings (SSSR count). The second kappa shape index (κ2) is 8.39. The van der Waals surface area contributed by atoms with Gasteiger partial charge >= 0.3 is 0 Å². The number of benzene rings is 1. The van der Waals surface area contributed by atoms with E-state index in [1.807, 2.05) is 12.1 Å². The Morgan fingerprint density at radius 1 is 0.773 bits per heavy atom. The summed E-state index contributed by atoms with van der Waals surface area (Å²) in [6.45, 7) is 0. The SMILES string of the molecule is Clc1ccc(CCC(C2CCCCC2)C2CCCCC2)cc1. The van der Waals surface area contributed by atoms with Crippen molar-refractivity contribution in [2.75, 3.05) is 0 Å². The molecule has 1 heteroatoms. The van der Waals surface area contributed by atoms with E-state index in [4.69, 9.17) is 11.6 Å². The monoisotopic (exact) mass is 318 g/mol. The molecule has 0 amide bonds.